The number of rotatable bonds is 8. The third-order valence-corrected chi connectivity index (χ3v) is 4.17. The first-order chi connectivity index (χ1) is 9.84. The number of carbonyl (C=O) groups excluding carboxylic acids is 1. The lowest BCUT2D eigenvalue weighted by Crippen LogP contribution is -2.27. The number of carbonyl (C=O) groups is 1. The lowest BCUT2D eigenvalue weighted by molar-refractivity contribution is -0.118. The van der Waals surface area contributed by atoms with Crippen molar-refractivity contribution in [3.63, 3.8) is 0 Å². The van der Waals surface area contributed by atoms with Crippen LogP contribution in [0.25, 0.3) is 0 Å². The minimum Gasteiger partial charge on any atom is -0.355 e. The van der Waals surface area contributed by atoms with Gasteiger partial charge in [0.05, 0.1) is 5.75 Å². The SMILES string of the molecule is O=C(CSc1ncccn1)NCCCCN1CCCC1. The molecule has 2 rings (SSSR count). The lowest BCUT2D eigenvalue weighted by atomic mass is 10.3. The zero-order chi connectivity index (χ0) is 14.0. The molecule has 0 unspecified atom stereocenters. The molecule has 0 radical (unpaired) electrons. The molecule has 1 fully saturated rings. The summed E-state index contributed by atoms with van der Waals surface area (Å²) in [7, 11) is 0. The normalized spacial score (nSPS) is 15.4. The van der Waals surface area contributed by atoms with Crippen molar-refractivity contribution in [1.82, 2.24) is 20.2 Å². The molecule has 1 saturated heterocycles. The van der Waals surface area contributed by atoms with Crippen molar-refractivity contribution >= 4 is 17.7 Å². The van der Waals surface area contributed by atoms with Gasteiger partial charge in [0.25, 0.3) is 0 Å². The molecule has 0 saturated carbocycles. The Balaban J connectivity index is 1.47. The van der Waals surface area contributed by atoms with E-state index in [4.69, 9.17) is 0 Å². The Bertz CT molecular complexity index is 395. The van der Waals surface area contributed by atoms with Gasteiger partial charge in [-0.1, -0.05) is 11.8 Å². The highest BCUT2D eigenvalue weighted by Crippen LogP contribution is 2.10. The molecule has 110 valence electrons. The summed E-state index contributed by atoms with van der Waals surface area (Å²) >= 11 is 1.37. The van der Waals surface area contributed by atoms with E-state index < -0.39 is 0 Å². The summed E-state index contributed by atoms with van der Waals surface area (Å²) in [5, 5.41) is 3.59. The fourth-order valence-corrected chi connectivity index (χ4v) is 2.87. The van der Waals surface area contributed by atoms with E-state index in [2.05, 4.69) is 20.2 Å². The van der Waals surface area contributed by atoms with Gasteiger partial charge >= 0.3 is 0 Å². The van der Waals surface area contributed by atoms with Gasteiger partial charge in [0, 0.05) is 18.9 Å². The van der Waals surface area contributed by atoms with Gasteiger partial charge in [-0.3, -0.25) is 4.79 Å². The molecular formula is C14H22N4OS. The molecule has 1 aromatic rings. The molecule has 0 aliphatic carbocycles. The molecule has 6 heteroatoms. The van der Waals surface area contributed by atoms with Crippen LogP contribution in [-0.2, 0) is 4.79 Å². The zero-order valence-corrected chi connectivity index (χ0v) is 12.6. The van der Waals surface area contributed by atoms with E-state index in [1.807, 2.05) is 0 Å². The number of unbranched alkanes of at least 4 members (excludes halogenated alkanes) is 1. The highest BCUT2D eigenvalue weighted by atomic mass is 32.2. The van der Waals surface area contributed by atoms with E-state index in [0.717, 1.165) is 19.4 Å². The maximum Gasteiger partial charge on any atom is 0.230 e. The van der Waals surface area contributed by atoms with Gasteiger partial charge in [-0.2, -0.15) is 0 Å². The fourth-order valence-electron chi connectivity index (χ4n) is 2.24. The summed E-state index contributed by atoms with van der Waals surface area (Å²) in [6, 6.07) is 1.77. The first-order valence-corrected chi connectivity index (χ1v) is 8.22. The molecule has 1 aliphatic heterocycles. The Morgan fingerprint density at radius 1 is 1.25 bits per heavy atom. The first kappa shape index (κ1) is 15.3. The van der Waals surface area contributed by atoms with Gasteiger partial charge in [-0.25, -0.2) is 9.97 Å². The van der Waals surface area contributed by atoms with E-state index in [9.17, 15) is 4.79 Å². The Morgan fingerprint density at radius 2 is 2.00 bits per heavy atom. The Morgan fingerprint density at radius 3 is 2.75 bits per heavy atom. The van der Waals surface area contributed by atoms with Crippen molar-refractivity contribution in [2.24, 2.45) is 0 Å². The minimum absolute atomic E-state index is 0.0589. The van der Waals surface area contributed by atoms with Crippen LogP contribution in [0.2, 0.25) is 0 Å². The van der Waals surface area contributed by atoms with Gasteiger partial charge in [-0.15, -0.1) is 0 Å². The zero-order valence-electron chi connectivity index (χ0n) is 11.8. The number of aromatic nitrogens is 2. The molecule has 1 aliphatic rings. The third-order valence-electron chi connectivity index (χ3n) is 3.30. The number of nitrogens with zero attached hydrogens (tertiary/aromatic N) is 3. The van der Waals surface area contributed by atoms with Gasteiger partial charge < -0.3 is 10.2 Å². The molecule has 1 amide bonds. The van der Waals surface area contributed by atoms with E-state index in [1.165, 1.54) is 44.2 Å². The molecule has 20 heavy (non-hydrogen) atoms. The van der Waals surface area contributed by atoms with Crippen LogP contribution in [0.15, 0.2) is 23.6 Å². The van der Waals surface area contributed by atoms with Gasteiger partial charge in [0.15, 0.2) is 5.16 Å². The molecule has 1 aromatic heterocycles. The van der Waals surface area contributed by atoms with Crippen molar-refractivity contribution in [3.05, 3.63) is 18.5 Å². The molecule has 2 heterocycles. The topological polar surface area (TPSA) is 58.1 Å². The summed E-state index contributed by atoms with van der Waals surface area (Å²) in [6.45, 7) is 4.44. The molecule has 0 spiro atoms. The molecule has 1 N–H and O–H groups in total. The van der Waals surface area contributed by atoms with Crippen LogP contribution in [0.5, 0.6) is 0 Å². The Kier molecular flexibility index (Phi) is 6.80. The molecule has 0 aromatic carbocycles. The van der Waals surface area contributed by atoms with Crippen molar-refractivity contribution in [3.8, 4) is 0 Å². The Labute approximate surface area is 124 Å². The maximum atomic E-state index is 11.6. The standard InChI is InChI=1S/C14H22N4OS/c19-13(12-20-14-16-7-5-8-17-14)15-6-1-2-9-18-10-3-4-11-18/h5,7-8H,1-4,6,9-12H2,(H,15,19). The molecule has 0 atom stereocenters. The third kappa shape index (κ3) is 5.88. The van der Waals surface area contributed by atoms with Crippen LogP contribution in [0.1, 0.15) is 25.7 Å². The van der Waals surface area contributed by atoms with E-state index in [-0.39, 0.29) is 5.91 Å². The van der Waals surface area contributed by atoms with Crippen molar-refractivity contribution < 1.29 is 4.79 Å². The smallest absolute Gasteiger partial charge is 0.230 e. The minimum atomic E-state index is 0.0589. The number of amides is 1. The predicted octanol–water partition coefficient (Wildman–Crippen LogP) is 1.56. The van der Waals surface area contributed by atoms with Crippen molar-refractivity contribution in [2.75, 3.05) is 31.9 Å². The largest absolute Gasteiger partial charge is 0.355 e. The average molecular weight is 294 g/mol. The Hall–Kier alpha value is -1.14. The summed E-state index contributed by atoms with van der Waals surface area (Å²) in [4.78, 5) is 22.3. The highest BCUT2D eigenvalue weighted by Gasteiger charge is 2.10. The highest BCUT2D eigenvalue weighted by molar-refractivity contribution is 7.99. The van der Waals surface area contributed by atoms with Crippen LogP contribution in [-0.4, -0.2) is 52.7 Å². The van der Waals surface area contributed by atoms with Gasteiger partial charge in [-0.05, 0) is 51.4 Å². The van der Waals surface area contributed by atoms with Crippen LogP contribution < -0.4 is 5.32 Å². The lowest BCUT2D eigenvalue weighted by Gasteiger charge is -2.13. The fraction of sp³-hybridized carbons (Fsp3) is 0.643. The average Bonchev–Trinajstić information content (AvgIpc) is 2.99. The summed E-state index contributed by atoms with van der Waals surface area (Å²) < 4.78 is 0. The van der Waals surface area contributed by atoms with Crippen LogP contribution in [0, 0.1) is 0 Å². The molecule has 0 bridgehead atoms. The molecule has 5 nitrogen and oxygen atoms in total. The van der Waals surface area contributed by atoms with Crippen LogP contribution in [0.4, 0.5) is 0 Å². The van der Waals surface area contributed by atoms with E-state index >= 15 is 0 Å². The second-order valence-corrected chi connectivity index (χ2v) is 5.87. The van der Waals surface area contributed by atoms with E-state index in [0.29, 0.717) is 10.9 Å². The maximum absolute atomic E-state index is 11.6. The quantitative estimate of drug-likeness (QED) is 0.448. The summed E-state index contributed by atoms with van der Waals surface area (Å²) in [5.74, 6) is 0.444. The van der Waals surface area contributed by atoms with Crippen LogP contribution in [0.3, 0.4) is 0 Å². The van der Waals surface area contributed by atoms with Crippen molar-refractivity contribution in [1.29, 1.82) is 0 Å². The molecular weight excluding hydrogens is 272 g/mol. The second-order valence-electron chi connectivity index (χ2n) is 4.93. The van der Waals surface area contributed by atoms with Gasteiger partial charge in [0.1, 0.15) is 0 Å². The first-order valence-electron chi connectivity index (χ1n) is 7.23. The number of hydrogen-bond acceptors (Lipinski definition) is 5. The van der Waals surface area contributed by atoms with Crippen LogP contribution >= 0.6 is 11.8 Å². The summed E-state index contributed by atoms with van der Waals surface area (Å²) in [5.41, 5.74) is 0. The summed E-state index contributed by atoms with van der Waals surface area (Å²) in [6.07, 6.45) is 8.27. The number of likely N-dealkylation sites (tertiary alicyclic amines) is 1. The number of nitrogens with one attached hydrogen (secondary N) is 1. The monoisotopic (exact) mass is 294 g/mol. The second kappa shape index (κ2) is 8.92. The van der Waals surface area contributed by atoms with Gasteiger partial charge in [0.2, 0.25) is 5.91 Å². The number of thioether (sulfide) groups is 1. The van der Waals surface area contributed by atoms with Crippen molar-refractivity contribution in [2.45, 2.75) is 30.8 Å². The van der Waals surface area contributed by atoms with E-state index in [1.54, 1.807) is 18.5 Å². The number of hydrogen-bond donors (Lipinski definition) is 1. The predicted molar refractivity (Wildman–Crippen MR) is 80.7 cm³/mol.